The van der Waals surface area contributed by atoms with E-state index in [0.29, 0.717) is 32.1 Å². The first kappa shape index (κ1) is 19.8. The lowest BCUT2D eigenvalue weighted by Gasteiger charge is -2.35. The molecule has 0 bridgehead atoms. The van der Waals surface area contributed by atoms with Gasteiger partial charge in [0.05, 0.1) is 6.42 Å². The van der Waals surface area contributed by atoms with Crippen LogP contribution in [0.3, 0.4) is 0 Å². The Labute approximate surface area is 175 Å². The molecular formula is C23H25N5O2. The van der Waals surface area contributed by atoms with Crippen molar-refractivity contribution in [1.82, 2.24) is 20.2 Å². The van der Waals surface area contributed by atoms with E-state index >= 15 is 0 Å². The van der Waals surface area contributed by atoms with E-state index in [4.69, 9.17) is 0 Å². The lowest BCUT2D eigenvalue weighted by atomic mass is 10.0. The third-order valence-electron chi connectivity index (χ3n) is 5.41. The van der Waals surface area contributed by atoms with Crippen molar-refractivity contribution in [3.63, 3.8) is 0 Å². The Morgan fingerprint density at radius 3 is 2.43 bits per heavy atom. The van der Waals surface area contributed by atoms with Gasteiger partial charge in [0.1, 0.15) is 6.04 Å². The van der Waals surface area contributed by atoms with Crippen molar-refractivity contribution in [1.29, 1.82) is 0 Å². The van der Waals surface area contributed by atoms with Crippen LogP contribution in [0, 0.1) is 0 Å². The van der Waals surface area contributed by atoms with Crippen LogP contribution in [0.25, 0.3) is 10.8 Å². The molecule has 1 atom stereocenters. The maximum atomic E-state index is 12.8. The molecule has 1 N–H and O–H groups in total. The molecule has 154 valence electrons. The quantitative estimate of drug-likeness (QED) is 0.705. The zero-order valence-corrected chi connectivity index (χ0v) is 17.0. The van der Waals surface area contributed by atoms with Crippen molar-refractivity contribution >= 4 is 28.5 Å². The van der Waals surface area contributed by atoms with E-state index in [1.54, 1.807) is 30.3 Å². The number of hydrogen-bond acceptors (Lipinski definition) is 5. The van der Waals surface area contributed by atoms with Gasteiger partial charge in [-0.05, 0) is 29.3 Å². The highest BCUT2D eigenvalue weighted by Gasteiger charge is 2.26. The van der Waals surface area contributed by atoms with Gasteiger partial charge in [-0.25, -0.2) is 9.97 Å². The highest BCUT2D eigenvalue weighted by molar-refractivity contribution is 5.92. The summed E-state index contributed by atoms with van der Waals surface area (Å²) in [5.74, 6) is 0.472. The largest absolute Gasteiger partial charge is 0.344 e. The normalized spacial score (nSPS) is 15.1. The van der Waals surface area contributed by atoms with Crippen molar-refractivity contribution in [3.8, 4) is 0 Å². The molecule has 4 rings (SSSR count). The lowest BCUT2D eigenvalue weighted by Crippen LogP contribution is -2.54. The summed E-state index contributed by atoms with van der Waals surface area (Å²) in [5.41, 5.74) is 0.960. The molecule has 2 amide bonds. The van der Waals surface area contributed by atoms with Crippen molar-refractivity contribution in [2.24, 2.45) is 0 Å². The molecule has 7 heteroatoms. The summed E-state index contributed by atoms with van der Waals surface area (Å²) in [6.07, 6.45) is 3.68. The summed E-state index contributed by atoms with van der Waals surface area (Å²) >= 11 is 0. The van der Waals surface area contributed by atoms with Crippen molar-refractivity contribution in [2.45, 2.75) is 19.4 Å². The lowest BCUT2D eigenvalue weighted by molar-refractivity contribution is -0.136. The summed E-state index contributed by atoms with van der Waals surface area (Å²) in [7, 11) is 0. The van der Waals surface area contributed by atoms with Crippen LogP contribution in [0.1, 0.15) is 12.5 Å². The topological polar surface area (TPSA) is 78.4 Å². The first-order valence-electron chi connectivity index (χ1n) is 10.2. The van der Waals surface area contributed by atoms with Crippen LogP contribution in [0.4, 0.5) is 5.95 Å². The van der Waals surface area contributed by atoms with Gasteiger partial charge in [-0.3, -0.25) is 9.59 Å². The summed E-state index contributed by atoms with van der Waals surface area (Å²) in [5, 5.41) is 5.03. The number of rotatable bonds is 5. The third kappa shape index (κ3) is 4.40. The Morgan fingerprint density at radius 2 is 1.67 bits per heavy atom. The summed E-state index contributed by atoms with van der Waals surface area (Å²) in [4.78, 5) is 37.8. The van der Waals surface area contributed by atoms with E-state index in [9.17, 15) is 9.59 Å². The molecular weight excluding hydrogens is 378 g/mol. The zero-order valence-electron chi connectivity index (χ0n) is 17.0. The van der Waals surface area contributed by atoms with Crippen LogP contribution in [0.2, 0.25) is 0 Å². The van der Waals surface area contributed by atoms with Gasteiger partial charge in [-0.15, -0.1) is 0 Å². The fourth-order valence-electron chi connectivity index (χ4n) is 3.83. The molecule has 1 aromatic heterocycles. The van der Waals surface area contributed by atoms with Gasteiger partial charge in [0.15, 0.2) is 0 Å². The number of piperazine rings is 1. The van der Waals surface area contributed by atoms with E-state index in [-0.39, 0.29) is 18.2 Å². The number of fused-ring (bicyclic) bond motifs is 1. The molecule has 0 radical (unpaired) electrons. The summed E-state index contributed by atoms with van der Waals surface area (Å²) < 4.78 is 0. The molecule has 1 fully saturated rings. The Bertz CT molecular complexity index is 1030. The molecule has 0 aliphatic carbocycles. The standard InChI is InChI=1S/C23H25N5O2/c1-17(22(30)27-12-14-28(15-13-27)23-24-10-5-11-25-23)26-21(29)16-19-8-4-7-18-6-2-3-9-20(18)19/h2-11,17H,12-16H2,1H3,(H,26,29)/t17-/m1/s1. The van der Waals surface area contributed by atoms with Crippen LogP contribution in [0.15, 0.2) is 60.9 Å². The smallest absolute Gasteiger partial charge is 0.244 e. The molecule has 0 spiro atoms. The number of nitrogens with one attached hydrogen (secondary N) is 1. The molecule has 2 heterocycles. The SMILES string of the molecule is C[C@@H](NC(=O)Cc1cccc2ccccc12)C(=O)N1CCN(c2ncccn2)CC1. The second-order valence-electron chi connectivity index (χ2n) is 7.47. The predicted octanol–water partition coefficient (Wildman–Crippen LogP) is 2.03. The van der Waals surface area contributed by atoms with Gasteiger partial charge in [0, 0.05) is 38.6 Å². The second kappa shape index (κ2) is 8.90. The number of carbonyl (C=O) groups is 2. The van der Waals surface area contributed by atoms with Crippen LogP contribution in [-0.2, 0) is 16.0 Å². The minimum absolute atomic E-state index is 0.0603. The molecule has 30 heavy (non-hydrogen) atoms. The first-order chi connectivity index (χ1) is 14.6. The minimum Gasteiger partial charge on any atom is -0.344 e. The van der Waals surface area contributed by atoms with Gasteiger partial charge in [-0.2, -0.15) is 0 Å². The fraction of sp³-hybridized carbons (Fsp3) is 0.304. The molecule has 1 saturated heterocycles. The second-order valence-corrected chi connectivity index (χ2v) is 7.47. The van der Waals surface area contributed by atoms with Crippen LogP contribution >= 0.6 is 0 Å². The average Bonchev–Trinajstić information content (AvgIpc) is 2.79. The van der Waals surface area contributed by atoms with Crippen LogP contribution < -0.4 is 10.2 Å². The van der Waals surface area contributed by atoms with Gasteiger partial charge in [0.25, 0.3) is 0 Å². The first-order valence-corrected chi connectivity index (χ1v) is 10.2. The molecule has 2 aromatic carbocycles. The summed E-state index contributed by atoms with van der Waals surface area (Å²) in [6.45, 7) is 4.26. The maximum Gasteiger partial charge on any atom is 0.244 e. The number of aromatic nitrogens is 2. The maximum absolute atomic E-state index is 12.8. The molecule has 0 unspecified atom stereocenters. The number of amides is 2. The number of nitrogens with zero attached hydrogens (tertiary/aromatic N) is 4. The highest BCUT2D eigenvalue weighted by atomic mass is 16.2. The summed E-state index contributed by atoms with van der Waals surface area (Å²) in [6, 6.07) is 15.2. The van der Waals surface area contributed by atoms with E-state index < -0.39 is 6.04 Å². The number of carbonyl (C=O) groups excluding carboxylic acids is 2. The van der Waals surface area contributed by atoms with Crippen LogP contribution in [0.5, 0.6) is 0 Å². The Morgan fingerprint density at radius 1 is 0.967 bits per heavy atom. The number of anilines is 1. The van der Waals surface area contributed by atoms with Crippen molar-refractivity contribution in [2.75, 3.05) is 31.1 Å². The monoisotopic (exact) mass is 403 g/mol. The van der Waals surface area contributed by atoms with Gasteiger partial charge in [0.2, 0.25) is 17.8 Å². The number of hydrogen-bond donors (Lipinski definition) is 1. The van der Waals surface area contributed by atoms with Gasteiger partial charge in [-0.1, -0.05) is 42.5 Å². The van der Waals surface area contributed by atoms with Crippen molar-refractivity contribution in [3.05, 3.63) is 66.5 Å². The Kier molecular flexibility index (Phi) is 5.88. The molecule has 3 aromatic rings. The predicted molar refractivity (Wildman–Crippen MR) is 116 cm³/mol. The van der Waals surface area contributed by atoms with Gasteiger partial charge >= 0.3 is 0 Å². The highest BCUT2D eigenvalue weighted by Crippen LogP contribution is 2.19. The average molecular weight is 403 g/mol. The molecule has 1 aliphatic heterocycles. The molecule has 7 nitrogen and oxygen atoms in total. The molecule has 1 aliphatic rings. The number of benzene rings is 2. The zero-order chi connectivity index (χ0) is 20.9. The van der Waals surface area contributed by atoms with Gasteiger partial charge < -0.3 is 15.1 Å². The van der Waals surface area contributed by atoms with E-state index in [1.807, 2.05) is 42.5 Å². The third-order valence-corrected chi connectivity index (χ3v) is 5.41. The van der Waals surface area contributed by atoms with E-state index in [0.717, 1.165) is 16.3 Å². The van der Waals surface area contributed by atoms with E-state index in [1.165, 1.54) is 0 Å². The minimum atomic E-state index is -0.563. The van der Waals surface area contributed by atoms with Crippen LogP contribution in [-0.4, -0.2) is 58.9 Å². The van der Waals surface area contributed by atoms with Crippen molar-refractivity contribution < 1.29 is 9.59 Å². The van der Waals surface area contributed by atoms with E-state index in [2.05, 4.69) is 20.2 Å². The Balaban J connectivity index is 1.32. The Hall–Kier alpha value is -3.48. The fourth-order valence-corrected chi connectivity index (χ4v) is 3.83. The molecule has 0 saturated carbocycles.